The first-order valence-electron chi connectivity index (χ1n) is 8.53. The number of hydrogen-bond donors (Lipinski definition) is 1. The van der Waals surface area contributed by atoms with Crippen LogP contribution in [0.3, 0.4) is 0 Å². The van der Waals surface area contributed by atoms with Crippen LogP contribution in [-0.2, 0) is 0 Å². The maximum absolute atomic E-state index is 3.96. The zero-order valence-electron chi connectivity index (χ0n) is 13.5. The number of piperidine rings is 1. The Balaban J connectivity index is 1.68. The van der Waals surface area contributed by atoms with Crippen molar-refractivity contribution in [1.29, 1.82) is 0 Å². The number of nitrogens with one attached hydrogen (secondary N) is 1. The summed E-state index contributed by atoms with van der Waals surface area (Å²) in [6, 6.07) is 1.59. The van der Waals surface area contributed by atoms with E-state index < -0.39 is 0 Å². The average molecular weight is 266 g/mol. The van der Waals surface area contributed by atoms with Gasteiger partial charge in [0.1, 0.15) is 0 Å². The van der Waals surface area contributed by atoms with Crippen LogP contribution in [0, 0.1) is 17.8 Å². The molecule has 3 unspecified atom stereocenters. The topological polar surface area (TPSA) is 15.3 Å². The molecule has 0 aromatic carbocycles. The molecule has 2 fully saturated rings. The highest BCUT2D eigenvalue weighted by molar-refractivity contribution is 4.85. The molecule has 0 aromatic rings. The van der Waals surface area contributed by atoms with E-state index in [1.807, 2.05) is 0 Å². The van der Waals surface area contributed by atoms with Crippen molar-refractivity contribution in [3.05, 3.63) is 0 Å². The SMILES string of the molecule is CC(C)CN1CCC(NC2CCC(C)C(C)C2)CC1. The summed E-state index contributed by atoms with van der Waals surface area (Å²) in [6.45, 7) is 13.4. The second kappa shape index (κ2) is 7.08. The van der Waals surface area contributed by atoms with E-state index in [4.69, 9.17) is 0 Å². The Hall–Kier alpha value is -0.0800. The Labute approximate surface area is 120 Å². The van der Waals surface area contributed by atoms with Gasteiger partial charge in [-0.1, -0.05) is 27.7 Å². The quantitative estimate of drug-likeness (QED) is 0.837. The second-order valence-corrected chi connectivity index (χ2v) is 7.60. The molecule has 1 N–H and O–H groups in total. The van der Waals surface area contributed by atoms with E-state index in [1.54, 1.807) is 0 Å². The fraction of sp³-hybridized carbons (Fsp3) is 1.00. The summed E-state index contributed by atoms with van der Waals surface area (Å²) < 4.78 is 0. The molecule has 0 amide bonds. The first-order valence-corrected chi connectivity index (χ1v) is 8.53. The summed E-state index contributed by atoms with van der Waals surface area (Å²) in [4.78, 5) is 2.65. The summed E-state index contributed by atoms with van der Waals surface area (Å²) in [7, 11) is 0. The maximum Gasteiger partial charge on any atom is 0.00940 e. The Kier molecular flexibility index (Phi) is 5.70. The van der Waals surface area contributed by atoms with Gasteiger partial charge in [0.25, 0.3) is 0 Å². The van der Waals surface area contributed by atoms with Gasteiger partial charge in [0.2, 0.25) is 0 Å². The molecule has 19 heavy (non-hydrogen) atoms. The molecule has 1 aliphatic heterocycles. The average Bonchev–Trinajstić information content (AvgIpc) is 2.36. The van der Waals surface area contributed by atoms with Crippen LogP contribution in [0.15, 0.2) is 0 Å². The summed E-state index contributed by atoms with van der Waals surface area (Å²) in [5.41, 5.74) is 0. The minimum Gasteiger partial charge on any atom is -0.311 e. The Morgan fingerprint density at radius 1 is 0.947 bits per heavy atom. The molecule has 0 bridgehead atoms. The van der Waals surface area contributed by atoms with Gasteiger partial charge < -0.3 is 10.2 Å². The molecule has 3 atom stereocenters. The summed E-state index contributed by atoms with van der Waals surface area (Å²) in [5, 5.41) is 3.96. The zero-order valence-corrected chi connectivity index (χ0v) is 13.5. The van der Waals surface area contributed by atoms with Gasteiger partial charge in [-0.05, 0) is 62.9 Å². The predicted octanol–water partition coefficient (Wildman–Crippen LogP) is 3.52. The number of hydrogen-bond acceptors (Lipinski definition) is 2. The van der Waals surface area contributed by atoms with Crippen LogP contribution < -0.4 is 5.32 Å². The third-order valence-electron chi connectivity index (χ3n) is 5.28. The largest absolute Gasteiger partial charge is 0.311 e. The second-order valence-electron chi connectivity index (χ2n) is 7.60. The van der Waals surface area contributed by atoms with Crippen molar-refractivity contribution in [2.75, 3.05) is 19.6 Å². The van der Waals surface area contributed by atoms with Crippen molar-refractivity contribution in [1.82, 2.24) is 10.2 Å². The zero-order chi connectivity index (χ0) is 13.8. The number of rotatable bonds is 4. The van der Waals surface area contributed by atoms with Crippen LogP contribution in [-0.4, -0.2) is 36.6 Å². The van der Waals surface area contributed by atoms with Crippen molar-refractivity contribution in [3.8, 4) is 0 Å². The lowest BCUT2D eigenvalue weighted by Gasteiger charge is -2.38. The van der Waals surface area contributed by atoms with E-state index >= 15 is 0 Å². The van der Waals surface area contributed by atoms with Crippen LogP contribution in [0.25, 0.3) is 0 Å². The predicted molar refractivity (Wildman–Crippen MR) is 83.4 cm³/mol. The van der Waals surface area contributed by atoms with E-state index in [0.29, 0.717) is 0 Å². The lowest BCUT2D eigenvalue weighted by atomic mass is 9.79. The highest BCUT2D eigenvalue weighted by Gasteiger charge is 2.27. The minimum absolute atomic E-state index is 0.786. The van der Waals surface area contributed by atoms with Crippen LogP contribution in [0.1, 0.15) is 59.8 Å². The van der Waals surface area contributed by atoms with Gasteiger partial charge in [0.15, 0.2) is 0 Å². The monoisotopic (exact) mass is 266 g/mol. The fourth-order valence-electron chi connectivity index (χ4n) is 3.83. The molecule has 0 radical (unpaired) electrons. The summed E-state index contributed by atoms with van der Waals surface area (Å²) in [6.07, 6.45) is 6.93. The fourth-order valence-corrected chi connectivity index (χ4v) is 3.83. The maximum atomic E-state index is 3.96. The van der Waals surface area contributed by atoms with E-state index in [0.717, 1.165) is 29.8 Å². The molecule has 2 nitrogen and oxygen atoms in total. The van der Waals surface area contributed by atoms with Gasteiger partial charge in [-0.3, -0.25) is 0 Å². The molecule has 112 valence electrons. The van der Waals surface area contributed by atoms with E-state index in [-0.39, 0.29) is 0 Å². The molecule has 1 aliphatic carbocycles. The van der Waals surface area contributed by atoms with Gasteiger partial charge in [-0.2, -0.15) is 0 Å². The molecule has 2 rings (SSSR count). The molecule has 2 aliphatic rings. The highest BCUT2D eigenvalue weighted by atomic mass is 15.1. The molecular formula is C17H34N2. The first kappa shape index (κ1) is 15.3. The van der Waals surface area contributed by atoms with Gasteiger partial charge in [-0.15, -0.1) is 0 Å². The van der Waals surface area contributed by atoms with E-state index in [1.165, 1.54) is 51.7 Å². The van der Waals surface area contributed by atoms with Crippen molar-refractivity contribution < 1.29 is 0 Å². The van der Waals surface area contributed by atoms with Crippen LogP contribution in [0.5, 0.6) is 0 Å². The number of nitrogens with zero attached hydrogens (tertiary/aromatic N) is 1. The first-order chi connectivity index (χ1) is 9.04. The Bertz CT molecular complexity index is 256. The number of likely N-dealkylation sites (tertiary alicyclic amines) is 1. The van der Waals surface area contributed by atoms with Crippen molar-refractivity contribution in [2.45, 2.75) is 71.9 Å². The Morgan fingerprint density at radius 2 is 1.63 bits per heavy atom. The standard InChI is InChI=1S/C17H34N2/c1-13(2)12-19-9-7-16(8-10-19)18-17-6-5-14(3)15(4)11-17/h13-18H,5-12H2,1-4H3. The van der Waals surface area contributed by atoms with Crippen LogP contribution >= 0.6 is 0 Å². The molecule has 0 spiro atoms. The van der Waals surface area contributed by atoms with Crippen molar-refractivity contribution >= 4 is 0 Å². The van der Waals surface area contributed by atoms with Crippen molar-refractivity contribution in [3.63, 3.8) is 0 Å². The third-order valence-corrected chi connectivity index (χ3v) is 5.28. The third kappa shape index (κ3) is 4.75. The minimum atomic E-state index is 0.786. The van der Waals surface area contributed by atoms with E-state index in [2.05, 4.69) is 37.9 Å². The Morgan fingerprint density at radius 3 is 2.21 bits per heavy atom. The highest BCUT2D eigenvalue weighted by Crippen LogP contribution is 2.30. The van der Waals surface area contributed by atoms with Crippen LogP contribution in [0.2, 0.25) is 0 Å². The summed E-state index contributed by atoms with van der Waals surface area (Å²) >= 11 is 0. The van der Waals surface area contributed by atoms with Crippen LogP contribution in [0.4, 0.5) is 0 Å². The molecule has 1 heterocycles. The molecule has 1 saturated heterocycles. The lowest BCUT2D eigenvalue weighted by molar-refractivity contribution is 0.155. The lowest BCUT2D eigenvalue weighted by Crippen LogP contribution is -2.48. The van der Waals surface area contributed by atoms with E-state index in [9.17, 15) is 0 Å². The smallest absolute Gasteiger partial charge is 0.00940 e. The van der Waals surface area contributed by atoms with Gasteiger partial charge in [0, 0.05) is 18.6 Å². The van der Waals surface area contributed by atoms with Gasteiger partial charge in [-0.25, -0.2) is 0 Å². The van der Waals surface area contributed by atoms with Crippen molar-refractivity contribution in [2.24, 2.45) is 17.8 Å². The molecule has 2 heteroatoms. The molecule has 0 aromatic heterocycles. The normalized spacial score (nSPS) is 34.9. The summed E-state index contributed by atoms with van der Waals surface area (Å²) in [5.74, 6) is 2.66. The van der Waals surface area contributed by atoms with Gasteiger partial charge >= 0.3 is 0 Å². The molecular weight excluding hydrogens is 232 g/mol. The molecule has 1 saturated carbocycles. The van der Waals surface area contributed by atoms with Gasteiger partial charge in [0.05, 0.1) is 0 Å².